The number of urea groups is 2. The largest absolute Gasteiger partial charge is 0.336 e. The van der Waals surface area contributed by atoms with Gasteiger partial charge in [-0.2, -0.15) is 0 Å². The second-order valence-corrected chi connectivity index (χ2v) is 6.56. The summed E-state index contributed by atoms with van der Waals surface area (Å²) in [6, 6.07) is 12.7. The maximum Gasteiger partial charge on any atom is 0.319 e. The summed E-state index contributed by atoms with van der Waals surface area (Å²) in [6.45, 7) is 1.57. The number of pyridine rings is 1. The van der Waals surface area contributed by atoms with Gasteiger partial charge in [0.05, 0.1) is 6.04 Å². The summed E-state index contributed by atoms with van der Waals surface area (Å²) in [5.41, 5.74) is 1.70. The molecular formula is C20H25N5O2. The van der Waals surface area contributed by atoms with Crippen molar-refractivity contribution >= 4 is 17.7 Å². The number of anilines is 1. The molecule has 1 aliphatic rings. The highest BCUT2D eigenvalue weighted by atomic mass is 16.2. The summed E-state index contributed by atoms with van der Waals surface area (Å²) < 4.78 is 0. The van der Waals surface area contributed by atoms with Crippen molar-refractivity contribution < 1.29 is 9.59 Å². The number of hydrogen-bond acceptors (Lipinski definition) is 3. The molecule has 27 heavy (non-hydrogen) atoms. The number of amides is 4. The van der Waals surface area contributed by atoms with E-state index in [1.807, 2.05) is 47.4 Å². The fraction of sp³-hybridized carbons (Fsp3) is 0.350. The molecule has 0 radical (unpaired) electrons. The van der Waals surface area contributed by atoms with Crippen LogP contribution in [-0.2, 0) is 6.54 Å². The Hall–Kier alpha value is -3.09. The maximum atomic E-state index is 12.6. The monoisotopic (exact) mass is 367 g/mol. The third-order valence-corrected chi connectivity index (χ3v) is 4.58. The van der Waals surface area contributed by atoms with Crippen molar-refractivity contribution in [1.29, 1.82) is 0 Å². The predicted octanol–water partition coefficient (Wildman–Crippen LogP) is 2.97. The van der Waals surface area contributed by atoms with Gasteiger partial charge in [0.25, 0.3) is 0 Å². The molecule has 142 valence electrons. The van der Waals surface area contributed by atoms with E-state index in [4.69, 9.17) is 0 Å². The van der Waals surface area contributed by atoms with Crippen molar-refractivity contribution in [2.45, 2.75) is 31.8 Å². The number of benzene rings is 1. The molecule has 1 unspecified atom stereocenters. The van der Waals surface area contributed by atoms with Crippen LogP contribution in [0, 0.1) is 0 Å². The molecule has 7 nitrogen and oxygen atoms in total. The average Bonchev–Trinajstić information content (AvgIpc) is 2.72. The maximum absolute atomic E-state index is 12.6. The molecule has 1 saturated heterocycles. The van der Waals surface area contributed by atoms with Crippen molar-refractivity contribution in [2.24, 2.45) is 0 Å². The zero-order valence-electron chi connectivity index (χ0n) is 15.2. The standard InChI is InChI=1S/C20H25N5O2/c26-19(24-17-8-2-1-3-9-17)22-15-18-10-4-5-12-25(18)20(27)23-14-16-7-6-11-21-13-16/h1-3,6-9,11,13,18H,4-5,10,12,14-15H2,(H,23,27)(H2,22,24,26). The molecule has 4 amide bonds. The lowest BCUT2D eigenvalue weighted by Crippen LogP contribution is -2.53. The Balaban J connectivity index is 1.49. The predicted molar refractivity (Wildman–Crippen MR) is 104 cm³/mol. The SMILES string of the molecule is O=C(NCC1CCCCN1C(=O)NCc1cccnc1)Nc1ccccc1. The second-order valence-electron chi connectivity index (χ2n) is 6.56. The summed E-state index contributed by atoms with van der Waals surface area (Å²) >= 11 is 0. The highest BCUT2D eigenvalue weighted by Crippen LogP contribution is 2.17. The topological polar surface area (TPSA) is 86.4 Å². The summed E-state index contributed by atoms with van der Waals surface area (Å²) in [4.78, 5) is 30.6. The zero-order valence-corrected chi connectivity index (χ0v) is 15.2. The number of aromatic nitrogens is 1. The van der Waals surface area contributed by atoms with Gasteiger partial charge in [-0.25, -0.2) is 9.59 Å². The molecule has 1 atom stereocenters. The Morgan fingerprint density at radius 1 is 1.07 bits per heavy atom. The first-order chi connectivity index (χ1) is 13.2. The first-order valence-corrected chi connectivity index (χ1v) is 9.25. The number of carbonyl (C=O) groups is 2. The van der Waals surface area contributed by atoms with E-state index in [9.17, 15) is 9.59 Å². The van der Waals surface area contributed by atoms with E-state index < -0.39 is 0 Å². The highest BCUT2D eigenvalue weighted by Gasteiger charge is 2.26. The van der Waals surface area contributed by atoms with E-state index in [1.54, 1.807) is 12.4 Å². The van der Waals surface area contributed by atoms with Crippen molar-refractivity contribution in [3.8, 4) is 0 Å². The van der Waals surface area contributed by atoms with E-state index >= 15 is 0 Å². The number of piperidine rings is 1. The molecule has 1 aromatic heterocycles. The smallest absolute Gasteiger partial charge is 0.319 e. The lowest BCUT2D eigenvalue weighted by molar-refractivity contribution is 0.149. The van der Waals surface area contributed by atoms with Crippen molar-refractivity contribution in [1.82, 2.24) is 20.5 Å². The molecule has 0 spiro atoms. The van der Waals surface area contributed by atoms with Crippen LogP contribution in [0.4, 0.5) is 15.3 Å². The van der Waals surface area contributed by atoms with E-state index in [1.165, 1.54) is 0 Å². The van der Waals surface area contributed by atoms with Gasteiger partial charge in [0.1, 0.15) is 0 Å². The molecular weight excluding hydrogens is 342 g/mol. The summed E-state index contributed by atoms with van der Waals surface area (Å²) in [7, 11) is 0. The second kappa shape index (κ2) is 9.56. The van der Waals surface area contributed by atoms with Crippen molar-refractivity contribution in [2.75, 3.05) is 18.4 Å². The van der Waals surface area contributed by atoms with Crippen LogP contribution in [0.1, 0.15) is 24.8 Å². The molecule has 1 fully saturated rings. The van der Waals surface area contributed by atoms with Gasteiger partial charge in [-0.05, 0) is 43.0 Å². The molecule has 0 saturated carbocycles. The number of para-hydroxylation sites is 1. The molecule has 2 heterocycles. The molecule has 1 aliphatic heterocycles. The lowest BCUT2D eigenvalue weighted by Gasteiger charge is -2.35. The first-order valence-electron chi connectivity index (χ1n) is 9.25. The zero-order chi connectivity index (χ0) is 18.9. The van der Waals surface area contributed by atoms with Crippen LogP contribution in [-0.4, -0.2) is 41.1 Å². The summed E-state index contributed by atoms with van der Waals surface area (Å²) in [5, 5.41) is 8.62. The van der Waals surface area contributed by atoms with E-state index in [-0.39, 0.29) is 18.1 Å². The van der Waals surface area contributed by atoms with Crippen LogP contribution in [0.25, 0.3) is 0 Å². The van der Waals surface area contributed by atoms with Gasteiger partial charge >= 0.3 is 12.1 Å². The Kier molecular flexibility index (Phi) is 6.62. The van der Waals surface area contributed by atoms with Gasteiger partial charge in [0.15, 0.2) is 0 Å². The molecule has 3 rings (SSSR count). The quantitative estimate of drug-likeness (QED) is 0.759. The third-order valence-electron chi connectivity index (χ3n) is 4.58. The van der Waals surface area contributed by atoms with Gasteiger partial charge in [0.2, 0.25) is 0 Å². The van der Waals surface area contributed by atoms with E-state index in [0.29, 0.717) is 19.6 Å². The van der Waals surface area contributed by atoms with Crippen LogP contribution in [0.3, 0.4) is 0 Å². The molecule has 7 heteroatoms. The average molecular weight is 367 g/mol. The Morgan fingerprint density at radius 3 is 2.70 bits per heavy atom. The highest BCUT2D eigenvalue weighted by molar-refractivity contribution is 5.89. The van der Waals surface area contributed by atoms with Crippen LogP contribution >= 0.6 is 0 Å². The van der Waals surface area contributed by atoms with Crippen LogP contribution in [0.5, 0.6) is 0 Å². The molecule has 1 aromatic carbocycles. The van der Waals surface area contributed by atoms with E-state index in [0.717, 1.165) is 30.5 Å². The molecule has 2 aromatic rings. The van der Waals surface area contributed by atoms with Crippen molar-refractivity contribution in [3.63, 3.8) is 0 Å². The Labute approximate surface area is 159 Å². The van der Waals surface area contributed by atoms with Gasteiger partial charge in [-0.3, -0.25) is 4.98 Å². The summed E-state index contributed by atoms with van der Waals surface area (Å²) in [6.07, 6.45) is 6.36. The number of hydrogen-bond donors (Lipinski definition) is 3. The number of carbonyl (C=O) groups excluding carboxylic acids is 2. The first kappa shape index (κ1) is 18.7. The van der Waals surface area contributed by atoms with E-state index in [2.05, 4.69) is 20.9 Å². The van der Waals surface area contributed by atoms with Crippen molar-refractivity contribution in [3.05, 3.63) is 60.4 Å². The number of nitrogens with zero attached hydrogens (tertiary/aromatic N) is 2. The summed E-state index contributed by atoms with van der Waals surface area (Å²) in [5.74, 6) is 0. The fourth-order valence-electron chi connectivity index (χ4n) is 3.17. The number of nitrogens with one attached hydrogen (secondary N) is 3. The minimum absolute atomic E-state index is 0.00540. The van der Waals surface area contributed by atoms with Gasteiger partial charge in [-0.1, -0.05) is 24.3 Å². The fourth-order valence-corrected chi connectivity index (χ4v) is 3.17. The minimum Gasteiger partial charge on any atom is -0.336 e. The minimum atomic E-state index is -0.262. The lowest BCUT2D eigenvalue weighted by atomic mass is 10.0. The normalized spacial score (nSPS) is 16.4. The number of rotatable bonds is 5. The third kappa shape index (κ3) is 5.70. The number of likely N-dealkylation sites (tertiary alicyclic amines) is 1. The van der Waals surface area contributed by atoms with Gasteiger partial charge < -0.3 is 20.9 Å². The molecule has 3 N–H and O–H groups in total. The van der Waals surface area contributed by atoms with Crippen LogP contribution in [0.2, 0.25) is 0 Å². The van der Waals surface area contributed by atoms with Gasteiger partial charge in [-0.15, -0.1) is 0 Å². The van der Waals surface area contributed by atoms with Crippen LogP contribution in [0.15, 0.2) is 54.9 Å². The van der Waals surface area contributed by atoms with Gasteiger partial charge in [0, 0.05) is 37.7 Å². The Bertz CT molecular complexity index is 739. The molecule has 0 bridgehead atoms. The molecule has 0 aliphatic carbocycles. The Morgan fingerprint density at radius 2 is 1.93 bits per heavy atom. The van der Waals surface area contributed by atoms with Crippen LogP contribution < -0.4 is 16.0 Å².